The summed E-state index contributed by atoms with van der Waals surface area (Å²) in [4.78, 5) is 0. The van der Waals surface area contributed by atoms with Crippen LogP contribution in [0, 0.1) is 13.8 Å². The van der Waals surface area contributed by atoms with Crippen LogP contribution in [0.2, 0.25) is 0 Å². The third-order valence-corrected chi connectivity index (χ3v) is 2.45. The molecule has 0 heterocycles. The molecule has 0 atom stereocenters. The molecule has 0 N–H and O–H groups in total. The number of rotatable bonds is 1. The Balaban J connectivity index is 0.000000442. The molecule has 1 aliphatic rings. The summed E-state index contributed by atoms with van der Waals surface area (Å²) in [6.45, 7) is 12.4. The highest BCUT2D eigenvalue weighted by Gasteiger charge is 2.24. The largest absolute Gasteiger partial charge is 0.0683 e. The van der Waals surface area contributed by atoms with Crippen molar-refractivity contribution in [2.45, 2.75) is 60.3 Å². The number of benzene rings is 1. The molecule has 0 saturated heterocycles. The summed E-state index contributed by atoms with van der Waals surface area (Å²) in [6.07, 6.45) is 2.81. The molecule has 1 aromatic rings. The second-order valence-corrected chi connectivity index (χ2v) is 3.63. The molecule has 0 nitrogen and oxygen atoms in total. The molecule has 0 radical (unpaired) electrons. The predicted molar refractivity (Wildman–Crippen MR) is 70.6 cm³/mol. The van der Waals surface area contributed by atoms with Crippen molar-refractivity contribution in [1.82, 2.24) is 0 Å². The van der Waals surface area contributed by atoms with E-state index in [0.29, 0.717) is 0 Å². The maximum atomic E-state index is 2.34. The highest BCUT2D eigenvalue weighted by atomic mass is 14.3. The molecule has 2 rings (SSSR count). The first-order chi connectivity index (χ1) is 7.27. The first-order valence-corrected chi connectivity index (χ1v) is 6.34. The van der Waals surface area contributed by atoms with Crippen molar-refractivity contribution in [2.75, 3.05) is 0 Å². The average molecular weight is 206 g/mol. The molecule has 0 unspecified atom stereocenters. The van der Waals surface area contributed by atoms with Crippen LogP contribution in [0.4, 0.5) is 0 Å². The summed E-state index contributed by atoms with van der Waals surface area (Å²) in [6, 6.07) is 6.78. The van der Waals surface area contributed by atoms with E-state index in [2.05, 4.69) is 32.0 Å². The highest BCUT2D eigenvalue weighted by Crippen LogP contribution is 2.41. The van der Waals surface area contributed by atoms with Crippen molar-refractivity contribution in [3.05, 3.63) is 34.9 Å². The van der Waals surface area contributed by atoms with E-state index in [4.69, 9.17) is 0 Å². The van der Waals surface area contributed by atoms with Crippen molar-refractivity contribution in [2.24, 2.45) is 0 Å². The summed E-state index contributed by atoms with van der Waals surface area (Å²) in [5.41, 5.74) is 4.46. The topological polar surface area (TPSA) is 0 Å². The van der Waals surface area contributed by atoms with E-state index in [9.17, 15) is 0 Å². The van der Waals surface area contributed by atoms with E-state index in [-0.39, 0.29) is 0 Å². The Morgan fingerprint density at radius 1 is 0.933 bits per heavy atom. The Bertz CT molecular complexity index is 269. The Kier molecular flexibility index (Phi) is 7.11. The van der Waals surface area contributed by atoms with Crippen molar-refractivity contribution in [1.29, 1.82) is 0 Å². The quantitative estimate of drug-likeness (QED) is 0.590. The maximum Gasteiger partial charge on any atom is -0.0159 e. The maximum absolute atomic E-state index is 2.34. The van der Waals surface area contributed by atoms with Gasteiger partial charge in [-0.1, -0.05) is 51.5 Å². The molecule has 15 heavy (non-hydrogen) atoms. The number of aryl methyl sites for hydroxylation is 2. The molecular weight excluding hydrogens is 180 g/mol. The lowest BCUT2D eigenvalue weighted by molar-refractivity contribution is 1.09. The average Bonchev–Trinajstić information content (AvgIpc) is 3.11. The Labute approximate surface area is 95.7 Å². The van der Waals surface area contributed by atoms with Crippen molar-refractivity contribution in [3.63, 3.8) is 0 Å². The lowest BCUT2D eigenvalue weighted by Crippen LogP contribution is -1.86. The number of hydrogen-bond donors (Lipinski definition) is 0. The van der Waals surface area contributed by atoms with Gasteiger partial charge < -0.3 is 0 Å². The molecule has 0 bridgehead atoms. The summed E-state index contributed by atoms with van der Waals surface area (Å²) < 4.78 is 0. The molecule has 1 fully saturated rings. The van der Waals surface area contributed by atoms with Gasteiger partial charge in [-0.25, -0.2) is 0 Å². The van der Waals surface area contributed by atoms with Crippen LogP contribution in [0.3, 0.4) is 0 Å². The van der Waals surface area contributed by atoms with Crippen molar-refractivity contribution >= 4 is 0 Å². The van der Waals surface area contributed by atoms with Crippen molar-refractivity contribution in [3.8, 4) is 0 Å². The lowest BCUT2D eigenvalue weighted by atomic mass is 10.0. The van der Waals surface area contributed by atoms with E-state index in [1.165, 1.54) is 24.0 Å². The molecule has 0 amide bonds. The fourth-order valence-electron chi connectivity index (χ4n) is 1.59. The van der Waals surface area contributed by atoms with Crippen LogP contribution in [-0.4, -0.2) is 0 Å². The van der Waals surface area contributed by atoms with Crippen LogP contribution in [0.15, 0.2) is 18.2 Å². The van der Waals surface area contributed by atoms with Crippen LogP contribution in [0.5, 0.6) is 0 Å². The van der Waals surface area contributed by atoms with Gasteiger partial charge in [0.05, 0.1) is 0 Å². The normalized spacial score (nSPS) is 13.2. The highest BCUT2D eigenvalue weighted by molar-refractivity contribution is 5.35. The Morgan fingerprint density at radius 2 is 1.47 bits per heavy atom. The van der Waals surface area contributed by atoms with Crippen LogP contribution in [-0.2, 0) is 0 Å². The SMILES string of the molecule is CC.CC.Cc1ccc(C)c(C2CC2)c1. The van der Waals surface area contributed by atoms with Gasteiger partial charge in [-0.2, -0.15) is 0 Å². The van der Waals surface area contributed by atoms with Crippen LogP contribution < -0.4 is 0 Å². The van der Waals surface area contributed by atoms with Gasteiger partial charge in [-0.15, -0.1) is 0 Å². The lowest BCUT2D eigenvalue weighted by Gasteiger charge is -2.03. The molecular formula is C15H26. The molecule has 86 valence electrons. The molecule has 1 aromatic carbocycles. The molecule has 0 heteroatoms. The minimum absolute atomic E-state index is 0.898. The third kappa shape index (κ3) is 4.51. The molecule has 1 aliphatic carbocycles. The van der Waals surface area contributed by atoms with Gasteiger partial charge in [-0.05, 0) is 43.7 Å². The molecule has 0 aromatic heterocycles. The van der Waals surface area contributed by atoms with E-state index in [1.54, 1.807) is 5.56 Å². The fourth-order valence-corrected chi connectivity index (χ4v) is 1.59. The molecule has 1 saturated carbocycles. The van der Waals surface area contributed by atoms with E-state index in [0.717, 1.165) is 5.92 Å². The summed E-state index contributed by atoms with van der Waals surface area (Å²) in [7, 11) is 0. The van der Waals surface area contributed by atoms with E-state index < -0.39 is 0 Å². The van der Waals surface area contributed by atoms with Crippen LogP contribution >= 0.6 is 0 Å². The first kappa shape index (κ1) is 14.2. The Morgan fingerprint density at radius 3 is 1.93 bits per heavy atom. The molecule has 0 aliphatic heterocycles. The van der Waals surface area contributed by atoms with Crippen molar-refractivity contribution < 1.29 is 0 Å². The zero-order chi connectivity index (χ0) is 11.8. The second-order valence-electron chi connectivity index (χ2n) is 3.63. The standard InChI is InChI=1S/C11H14.2C2H6/c1-8-3-4-9(2)11(7-8)10-5-6-10;2*1-2/h3-4,7,10H,5-6H2,1-2H3;2*1-2H3. The minimum Gasteiger partial charge on any atom is -0.0683 e. The summed E-state index contributed by atoms with van der Waals surface area (Å²) in [5, 5.41) is 0. The summed E-state index contributed by atoms with van der Waals surface area (Å²) >= 11 is 0. The van der Waals surface area contributed by atoms with Crippen LogP contribution in [0.1, 0.15) is 63.1 Å². The zero-order valence-electron chi connectivity index (χ0n) is 11.2. The van der Waals surface area contributed by atoms with Gasteiger partial charge in [-0.3, -0.25) is 0 Å². The van der Waals surface area contributed by atoms with Gasteiger partial charge in [0.1, 0.15) is 0 Å². The smallest absolute Gasteiger partial charge is 0.0159 e. The van der Waals surface area contributed by atoms with Crippen LogP contribution in [0.25, 0.3) is 0 Å². The second kappa shape index (κ2) is 7.50. The zero-order valence-corrected chi connectivity index (χ0v) is 11.2. The monoisotopic (exact) mass is 206 g/mol. The third-order valence-electron chi connectivity index (χ3n) is 2.45. The fraction of sp³-hybridized carbons (Fsp3) is 0.600. The predicted octanol–water partition coefficient (Wildman–Crippen LogP) is 5.23. The number of hydrogen-bond acceptors (Lipinski definition) is 0. The van der Waals surface area contributed by atoms with Gasteiger partial charge in [0, 0.05) is 0 Å². The molecule has 0 spiro atoms. The van der Waals surface area contributed by atoms with Gasteiger partial charge in [0.15, 0.2) is 0 Å². The van der Waals surface area contributed by atoms with Gasteiger partial charge in [0.2, 0.25) is 0 Å². The van der Waals surface area contributed by atoms with Gasteiger partial charge >= 0.3 is 0 Å². The minimum atomic E-state index is 0.898. The van der Waals surface area contributed by atoms with E-state index >= 15 is 0 Å². The van der Waals surface area contributed by atoms with Gasteiger partial charge in [0.25, 0.3) is 0 Å². The summed E-state index contributed by atoms with van der Waals surface area (Å²) in [5.74, 6) is 0.898. The first-order valence-electron chi connectivity index (χ1n) is 6.34. The van der Waals surface area contributed by atoms with E-state index in [1.807, 2.05) is 27.7 Å². The Hall–Kier alpha value is -0.780.